The molecule has 0 unspecified atom stereocenters. The lowest BCUT2D eigenvalue weighted by molar-refractivity contribution is 0.0116. The molecule has 1 N–H and O–H groups in total. The van der Waals surface area contributed by atoms with Gasteiger partial charge in [-0.3, -0.25) is 14.3 Å². The highest BCUT2D eigenvalue weighted by Crippen LogP contribution is 2.33. The van der Waals surface area contributed by atoms with Gasteiger partial charge in [0.05, 0.1) is 31.9 Å². The van der Waals surface area contributed by atoms with Crippen LogP contribution in [0, 0.1) is 0 Å². The number of nitrogens with one attached hydrogen (secondary N) is 1. The van der Waals surface area contributed by atoms with Gasteiger partial charge in [0, 0.05) is 32.8 Å². The summed E-state index contributed by atoms with van der Waals surface area (Å²) in [6.07, 6.45) is 2.34. The van der Waals surface area contributed by atoms with E-state index in [1.54, 1.807) is 0 Å². The van der Waals surface area contributed by atoms with Gasteiger partial charge in [0.1, 0.15) is 5.69 Å². The van der Waals surface area contributed by atoms with Gasteiger partial charge in [0.25, 0.3) is 17.7 Å². The fraction of sp³-hybridized carbons (Fsp3) is 0.588. The van der Waals surface area contributed by atoms with Gasteiger partial charge in [-0.05, 0) is 13.0 Å². The highest BCUT2D eigenvalue weighted by molar-refractivity contribution is 5.93. The van der Waals surface area contributed by atoms with E-state index in [2.05, 4.69) is 20.7 Å². The smallest absolute Gasteiger partial charge is 0.273 e. The van der Waals surface area contributed by atoms with Crippen LogP contribution in [0.1, 0.15) is 34.3 Å². The van der Waals surface area contributed by atoms with Crippen molar-refractivity contribution in [1.29, 1.82) is 0 Å². The van der Waals surface area contributed by atoms with Gasteiger partial charge in [0.2, 0.25) is 0 Å². The number of rotatable bonds is 8. The predicted molar refractivity (Wildman–Crippen MR) is 96.5 cm³/mol. The summed E-state index contributed by atoms with van der Waals surface area (Å²) in [6.45, 7) is 2.25. The predicted octanol–water partition coefficient (Wildman–Crippen LogP) is 0.421. The van der Waals surface area contributed by atoms with Crippen molar-refractivity contribution in [2.75, 3.05) is 26.8 Å². The summed E-state index contributed by atoms with van der Waals surface area (Å²) in [5.74, 6) is -3.95. The lowest BCUT2D eigenvalue weighted by Gasteiger charge is -2.23. The number of halogens is 2. The molecule has 1 aliphatic rings. The van der Waals surface area contributed by atoms with Crippen LogP contribution in [0.5, 0.6) is 0 Å². The summed E-state index contributed by atoms with van der Waals surface area (Å²) < 4.78 is 35.8. The van der Waals surface area contributed by atoms with Gasteiger partial charge in [0.15, 0.2) is 5.69 Å². The lowest BCUT2D eigenvalue weighted by atomic mass is 10.2. The summed E-state index contributed by atoms with van der Waals surface area (Å²) in [5.41, 5.74) is 0.319. The van der Waals surface area contributed by atoms with E-state index in [9.17, 15) is 18.4 Å². The molecule has 2 aromatic rings. The zero-order valence-electron chi connectivity index (χ0n) is 16.2. The Balaban J connectivity index is 1.71. The Bertz CT molecular complexity index is 867. The Morgan fingerprint density at radius 1 is 1.41 bits per heavy atom. The number of carbonyl (C=O) groups excluding carboxylic acids is 2. The maximum atomic E-state index is 14.1. The second-order valence-electron chi connectivity index (χ2n) is 6.75. The Morgan fingerprint density at radius 2 is 2.21 bits per heavy atom. The van der Waals surface area contributed by atoms with Crippen LogP contribution in [0.25, 0.3) is 0 Å². The highest BCUT2D eigenvalue weighted by Gasteiger charge is 2.47. The van der Waals surface area contributed by atoms with Crippen LogP contribution < -0.4 is 5.32 Å². The number of carbonyl (C=O) groups is 2. The number of aryl methyl sites for hydroxylation is 1. The van der Waals surface area contributed by atoms with Gasteiger partial charge >= 0.3 is 0 Å². The molecular weight excluding hydrogens is 388 g/mol. The van der Waals surface area contributed by atoms with E-state index >= 15 is 0 Å². The maximum Gasteiger partial charge on any atom is 0.273 e. The van der Waals surface area contributed by atoms with Crippen molar-refractivity contribution in [3.8, 4) is 0 Å². The van der Waals surface area contributed by atoms with Crippen LogP contribution in [0.4, 0.5) is 8.78 Å². The third-order valence-corrected chi connectivity index (χ3v) is 4.63. The third-order valence-electron chi connectivity index (χ3n) is 4.63. The molecule has 1 fully saturated rings. The van der Waals surface area contributed by atoms with Gasteiger partial charge in [-0.2, -0.15) is 5.10 Å². The van der Waals surface area contributed by atoms with E-state index in [1.807, 2.05) is 6.92 Å². The molecular formula is C17H23F2N7O3. The number of likely N-dealkylation sites (tertiary alicyclic amines) is 1. The van der Waals surface area contributed by atoms with E-state index in [0.29, 0.717) is 19.7 Å². The largest absolute Gasteiger partial charge is 0.383 e. The first kappa shape index (κ1) is 20.8. The van der Waals surface area contributed by atoms with Gasteiger partial charge in [-0.15, -0.1) is 5.10 Å². The minimum Gasteiger partial charge on any atom is -0.383 e. The molecule has 0 saturated carbocycles. The molecule has 10 nitrogen and oxygen atoms in total. The monoisotopic (exact) mass is 411 g/mol. The average Bonchev–Trinajstić information content (AvgIpc) is 3.40. The van der Waals surface area contributed by atoms with Crippen LogP contribution in [0.15, 0.2) is 18.5 Å². The summed E-state index contributed by atoms with van der Waals surface area (Å²) in [7, 11) is 1.51. The molecule has 158 valence electrons. The molecule has 1 aliphatic heterocycles. The molecule has 2 amide bonds. The molecule has 12 heteroatoms. The standard InChI is InChI=1S/C17H23F2N7O3/c1-3-26-14(4-5-21-26)16(28)25-11-17(18,19)8-12(25)9-24-10-13(22-23-24)15(27)20-6-7-29-2/h4-5,10,12H,3,6-9,11H2,1-2H3,(H,20,27)/t12-/m0/s1. The second-order valence-corrected chi connectivity index (χ2v) is 6.75. The van der Waals surface area contributed by atoms with E-state index < -0.39 is 36.7 Å². The molecule has 0 aromatic carbocycles. The first-order valence-corrected chi connectivity index (χ1v) is 9.22. The normalized spacial score (nSPS) is 18.2. The molecule has 3 rings (SSSR count). The van der Waals surface area contributed by atoms with E-state index in [1.165, 1.54) is 34.9 Å². The number of aromatic nitrogens is 5. The fourth-order valence-corrected chi connectivity index (χ4v) is 3.28. The molecule has 0 bridgehead atoms. The van der Waals surface area contributed by atoms with Crippen molar-refractivity contribution in [2.45, 2.75) is 38.4 Å². The Hall–Kier alpha value is -2.89. The van der Waals surface area contributed by atoms with Crippen molar-refractivity contribution >= 4 is 11.8 Å². The first-order valence-electron chi connectivity index (χ1n) is 9.22. The molecule has 1 saturated heterocycles. The van der Waals surface area contributed by atoms with Crippen molar-refractivity contribution in [3.63, 3.8) is 0 Å². The summed E-state index contributed by atoms with van der Waals surface area (Å²) >= 11 is 0. The third kappa shape index (κ3) is 4.75. The molecule has 3 heterocycles. The number of alkyl halides is 2. The summed E-state index contributed by atoms with van der Waals surface area (Å²) in [4.78, 5) is 26.0. The minimum atomic E-state index is -3.00. The van der Waals surface area contributed by atoms with E-state index in [4.69, 9.17) is 4.74 Å². The highest BCUT2D eigenvalue weighted by atomic mass is 19.3. The Kier molecular flexibility index (Phi) is 6.20. The zero-order valence-corrected chi connectivity index (χ0v) is 16.2. The van der Waals surface area contributed by atoms with Gasteiger partial charge < -0.3 is 15.0 Å². The topological polar surface area (TPSA) is 107 Å². The number of nitrogens with zero attached hydrogens (tertiary/aromatic N) is 6. The van der Waals surface area contributed by atoms with Gasteiger partial charge in [-0.25, -0.2) is 13.5 Å². The number of amides is 2. The maximum absolute atomic E-state index is 14.1. The van der Waals surface area contributed by atoms with Gasteiger partial charge in [-0.1, -0.05) is 5.21 Å². The van der Waals surface area contributed by atoms with Crippen LogP contribution >= 0.6 is 0 Å². The lowest BCUT2D eigenvalue weighted by Crippen LogP contribution is -2.39. The Morgan fingerprint density at radius 3 is 2.93 bits per heavy atom. The molecule has 29 heavy (non-hydrogen) atoms. The zero-order chi connectivity index (χ0) is 21.0. The number of hydrogen-bond donors (Lipinski definition) is 1. The minimum absolute atomic E-state index is 0.0000563. The van der Waals surface area contributed by atoms with E-state index in [0.717, 1.165) is 4.90 Å². The van der Waals surface area contributed by atoms with Crippen molar-refractivity contribution in [2.24, 2.45) is 0 Å². The van der Waals surface area contributed by atoms with Crippen LogP contribution in [-0.4, -0.2) is 80.3 Å². The van der Waals surface area contributed by atoms with Crippen molar-refractivity contribution in [3.05, 3.63) is 29.8 Å². The molecule has 0 spiro atoms. The second kappa shape index (κ2) is 8.64. The number of hydrogen-bond acceptors (Lipinski definition) is 6. The first-order chi connectivity index (χ1) is 13.8. The SMILES string of the molecule is CCn1nccc1C(=O)N1CC(F)(F)C[C@H]1Cn1cc(C(=O)NCCOC)nn1. The number of methoxy groups -OCH3 is 1. The van der Waals surface area contributed by atoms with E-state index in [-0.39, 0.29) is 17.9 Å². The number of ether oxygens (including phenoxy) is 1. The molecule has 0 radical (unpaired) electrons. The average molecular weight is 411 g/mol. The van der Waals surface area contributed by atoms with Crippen LogP contribution in [0.3, 0.4) is 0 Å². The van der Waals surface area contributed by atoms with Crippen LogP contribution in [-0.2, 0) is 17.8 Å². The Labute approximate surface area is 165 Å². The summed E-state index contributed by atoms with van der Waals surface area (Å²) in [6, 6.07) is 0.723. The van der Waals surface area contributed by atoms with Crippen LogP contribution in [0.2, 0.25) is 0 Å². The van der Waals surface area contributed by atoms with Crippen molar-refractivity contribution in [1.82, 2.24) is 35.0 Å². The molecule has 2 aromatic heterocycles. The van der Waals surface area contributed by atoms with Crippen molar-refractivity contribution < 1.29 is 23.1 Å². The quantitative estimate of drug-likeness (QED) is 0.631. The molecule has 0 aliphatic carbocycles. The summed E-state index contributed by atoms with van der Waals surface area (Å²) in [5, 5.41) is 14.2. The fourth-order valence-electron chi connectivity index (χ4n) is 3.28. The molecule has 1 atom stereocenters.